The molecule has 2 nitrogen and oxygen atoms in total. The van der Waals surface area contributed by atoms with Crippen LogP contribution < -0.4 is 10.5 Å². The lowest BCUT2D eigenvalue weighted by Gasteiger charge is -2.16. The van der Waals surface area contributed by atoms with Crippen molar-refractivity contribution in [1.82, 2.24) is 0 Å². The summed E-state index contributed by atoms with van der Waals surface area (Å²) in [6.07, 6.45) is 0. The first kappa shape index (κ1) is 14.6. The van der Waals surface area contributed by atoms with Crippen LogP contribution in [0.25, 0.3) is 0 Å². The van der Waals surface area contributed by atoms with Crippen molar-refractivity contribution in [2.75, 3.05) is 0 Å². The Hall–Kier alpha value is -1.80. The lowest BCUT2D eigenvalue weighted by molar-refractivity contribution is 0.300. The monoisotopic (exact) mass is 269 g/mol. The van der Waals surface area contributed by atoms with E-state index < -0.39 is 0 Å². The van der Waals surface area contributed by atoms with Gasteiger partial charge in [-0.1, -0.05) is 30.3 Å². The van der Waals surface area contributed by atoms with Crippen LogP contribution in [0.3, 0.4) is 0 Å². The maximum absolute atomic E-state index is 6.07. The number of ether oxygens (including phenoxy) is 1. The lowest BCUT2D eigenvalue weighted by Crippen LogP contribution is -2.04. The molecule has 0 unspecified atom stereocenters. The molecule has 2 aromatic carbocycles. The molecule has 0 fully saturated rings. The van der Waals surface area contributed by atoms with E-state index in [0.29, 0.717) is 13.2 Å². The third-order valence-electron chi connectivity index (χ3n) is 3.76. The first-order valence-corrected chi connectivity index (χ1v) is 7.01. The first-order chi connectivity index (χ1) is 9.52. The molecule has 0 aromatic heterocycles. The molecule has 2 N–H and O–H groups in total. The predicted molar refractivity (Wildman–Crippen MR) is 84.1 cm³/mol. The summed E-state index contributed by atoms with van der Waals surface area (Å²) in [7, 11) is 0. The summed E-state index contributed by atoms with van der Waals surface area (Å²) in [5.41, 5.74) is 13.0. The molecule has 20 heavy (non-hydrogen) atoms. The lowest BCUT2D eigenvalue weighted by atomic mass is 10.0. The zero-order chi connectivity index (χ0) is 14.7. The Bertz CT molecular complexity index is 574. The van der Waals surface area contributed by atoms with Gasteiger partial charge in [0.05, 0.1) is 0 Å². The fourth-order valence-corrected chi connectivity index (χ4v) is 2.61. The summed E-state index contributed by atoms with van der Waals surface area (Å²) in [5.74, 6) is 0.977. The van der Waals surface area contributed by atoms with E-state index in [1.165, 1.54) is 16.7 Å². The van der Waals surface area contributed by atoms with Crippen molar-refractivity contribution in [2.24, 2.45) is 5.73 Å². The van der Waals surface area contributed by atoms with Crippen molar-refractivity contribution in [3.63, 3.8) is 0 Å². The molecule has 0 aliphatic heterocycles. The normalized spacial score (nSPS) is 10.7. The van der Waals surface area contributed by atoms with Crippen molar-refractivity contribution < 1.29 is 4.74 Å². The number of rotatable bonds is 4. The molecule has 0 saturated carbocycles. The Kier molecular flexibility index (Phi) is 4.46. The minimum Gasteiger partial charge on any atom is -0.488 e. The molecule has 2 aromatic rings. The van der Waals surface area contributed by atoms with Crippen LogP contribution in [-0.4, -0.2) is 0 Å². The van der Waals surface area contributed by atoms with Crippen molar-refractivity contribution >= 4 is 0 Å². The van der Waals surface area contributed by atoms with E-state index in [1.54, 1.807) is 0 Å². The average molecular weight is 269 g/mol. The van der Waals surface area contributed by atoms with E-state index in [-0.39, 0.29) is 0 Å². The zero-order valence-electron chi connectivity index (χ0n) is 12.8. The molecule has 0 spiro atoms. The molecule has 0 radical (unpaired) electrons. The second kappa shape index (κ2) is 6.10. The average Bonchev–Trinajstić information content (AvgIpc) is 2.40. The van der Waals surface area contributed by atoms with E-state index in [2.05, 4.69) is 58.0 Å². The Morgan fingerprint density at radius 2 is 1.45 bits per heavy atom. The van der Waals surface area contributed by atoms with Crippen LogP contribution >= 0.6 is 0 Å². The van der Waals surface area contributed by atoms with Gasteiger partial charge in [0.15, 0.2) is 0 Å². The van der Waals surface area contributed by atoms with Crippen LogP contribution in [0.2, 0.25) is 0 Å². The summed E-state index contributed by atoms with van der Waals surface area (Å²) in [6, 6.07) is 10.5. The molecule has 0 aliphatic rings. The zero-order valence-corrected chi connectivity index (χ0v) is 12.8. The van der Waals surface area contributed by atoms with Gasteiger partial charge in [0.25, 0.3) is 0 Å². The molecule has 0 amide bonds. The van der Waals surface area contributed by atoms with Crippen LogP contribution in [-0.2, 0) is 13.2 Å². The Labute approximate surface area is 121 Å². The highest BCUT2D eigenvalue weighted by molar-refractivity contribution is 5.44. The van der Waals surface area contributed by atoms with Gasteiger partial charge >= 0.3 is 0 Å². The number of hydrogen-bond donors (Lipinski definition) is 1. The summed E-state index contributed by atoms with van der Waals surface area (Å²) in [6.45, 7) is 9.59. The molecule has 0 bridgehead atoms. The summed E-state index contributed by atoms with van der Waals surface area (Å²) < 4.78 is 6.07. The summed E-state index contributed by atoms with van der Waals surface area (Å²) in [5, 5.41) is 0. The Morgan fingerprint density at radius 3 is 1.95 bits per heavy atom. The number of hydrogen-bond acceptors (Lipinski definition) is 2. The third kappa shape index (κ3) is 3.02. The van der Waals surface area contributed by atoms with Gasteiger partial charge in [-0.05, 0) is 61.1 Å². The molecule has 0 atom stereocenters. The van der Waals surface area contributed by atoms with Gasteiger partial charge in [-0.3, -0.25) is 0 Å². The van der Waals surface area contributed by atoms with Crippen molar-refractivity contribution in [3.8, 4) is 5.75 Å². The molecular formula is C18H23NO. The van der Waals surface area contributed by atoms with Crippen molar-refractivity contribution in [3.05, 3.63) is 63.7 Å². The largest absolute Gasteiger partial charge is 0.488 e. The van der Waals surface area contributed by atoms with Crippen LogP contribution in [0.1, 0.15) is 33.4 Å². The molecule has 0 aliphatic carbocycles. The van der Waals surface area contributed by atoms with E-state index in [9.17, 15) is 0 Å². The second-order valence-electron chi connectivity index (χ2n) is 5.42. The standard InChI is InChI=1S/C18H23NO/c1-12-6-5-7-13(2)17(12)11-20-18-14(3)8-16(10-19)9-15(18)4/h5-9H,10-11,19H2,1-4H3. The SMILES string of the molecule is Cc1cccc(C)c1COc1c(C)cc(CN)cc1C. The molecule has 2 heteroatoms. The second-order valence-corrected chi connectivity index (χ2v) is 5.42. The molecular weight excluding hydrogens is 246 g/mol. The number of benzene rings is 2. The molecule has 0 heterocycles. The fraction of sp³-hybridized carbons (Fsp3) is 0.333. The molecule has 2 rings (SSSR count). The van der Waals surface area contributed by atoms with E-state index >= 15 is 0 Å². The fourth-order valence-electron chi connectivity index (χ4n) is 2.61. The van der Waals surface area contributed by atoms with Crippen LogP contribution in [0.15, 0.2) is 30.3 Å². The molecule has 0 saturated heterocycles. The Morgan fingerprint density at radius 1 is 0.900 bits per heavy atom. The van der Waals surface area contributed by atoms with Gasteiger partial charge in [0.2, 0.25) is 0 Å². The summed E-state index contributed by atoms with van der Waals surface area (Å²) in [4.78, 5) is 0. The van der Waals surface area contributed by atoms with Gasteiger partial charge in [0, 0.05) is 6.54 Å². The third-order valence-corrected chi connectivity index (χ3v) is 3.76. The van der Waals surface area contributed by atoms with Crippen molar-refractivity contribution in [2.45, 2.75) is 40.8 Å². The van der Waals surface area contributed by atoms with Crippen LogP contribution in [0, 0.1) is 27.7 Å². The highest BCUT2D eigenvalue weighted by atomic mass is 16.5. The summed E-state index contributed by atoms with van der Waals surface area (Å²) >= 11 is 0. The minimum atomic E-state index is 0.568. The van der Waals surface area contributed by atoms with E-state index in [1.807, 2.05) is 0 Å². The highest BCUT2D eigenvalue weighted by Gasteiger charge is 2.08. The van der Waals surface area contributed by atoms with Gasteiger partial charge < -0.3 is 10.5 Å². The maximum Gasteiger partial charge on any atom is 0.125 e. The highest BCUT2D eigenvalue weighted by Crippen LogP contribution is 2.26. The van der Waals surface area contributed by atoms with Gasteiger partial charge in [0.1, 0.15) is 12.4 Å². The topological polar surface area (TPSA) is 35.2 Å². The van der Waals surface area contributed by atoms with Gasteiger partial charge in [-0.2, -0.15) is 0 Å². The van der Waals surface area contributed by atoms with Gasteiger partial charge in [-0.25, -0.2) is 0 Å². The Balaban J connectivity index is 2.23. The maximum atomic E-state index is 6.07. The van der Waals surface area contributed by atoms with E-state index in [4.69, 9.17) is 10.5 Å². The number of aryl methyl sites for hydroxylation is 4. The smallest absolute Gasteiger partial charge is 0.125 e. The number of nitrogens with two attached hydrogens (primary N) is 1. The quantitative estimate of drug-likeness (QED) is 0.912. The van der Waals surface area contributed by atoms with Crippen LogP contribution in [0.5, 0.6) is 5.75 Å². The first-order valence-electron chi connectivity index (χ1n) is 7.01. The molecule has 106 valence electrons. The van der Waals surface area contributed by atoms with E-state index in [0.717, 1.165) is 22.4 Å². The van der Waals surface area contributed by atoms with Crippen molar-refractivity contribution in [1.29, 1.82) is 0 Å². The van der Waals surface area contributed by atoms with Crippen LogP contribution in [0.4, 0.5) is 0 Å². The minimum absolute atomic E-state index is 0.568. The van der Waals surface area contributed by atoms with Gasteiger partial charge in [-0.15, -0.1) is 0 Å². The predicted octanol–water partition coefficient (Wildman–Crippen LogP) is 3.96.